The molecule has 0 aliphatic carbocycles. The molecule has 0 saturated carbocycles. The monoisotopic (exact) mass is 332 g/mol. The molecule has 1 amide bonds. The van der Waals surface area contributed by atoms with Crippen molar-refractivity contribution in [3.63, 3.8) is 0 Å². The number of amides is 1. The number of nitrogens with one attached hydrogen (secondary N) is 1. The Hall–Kier alpha value is -0.970. The number of halogens is 2. The van der Waals surface area contributed by atoms with Gasteiger partial charge in [0.2, 0.25) is 0 Å². The summed E-state index contributed by atoms with van der Waals surface area (Å²) in [6.07, 6.45) is 2.13. The van der Waals surface area contributed by atoms with Crippen molar-refractivity contribution in [3.8, 4) is 5.75 Å². The molecule has 0 bridgehead atoms. The van der Waals surface area contributed by atoms with Gasteiger partial charge in [-0.1, -0.05) is 11.6 Å². The Balaban J connectivity index is 0.00000220. The maximum atomic E-state index is 12.2. The fourth-order valence-corrected chi connectivity index (χ4v) is 2.66. The molecule has 1 heterocycles. The first-order chi connectivity index (χ1) is 9.61. The van der Waals surface area contributed by atoms with Crippen LogP contribution in [0.15, 0.2) is 18.2 Å². The Morgan fingerprint density at radius 3 is 2.95 bits per heavy atom. The minimum atomic E-state index is 0. The topological polar surface area (TPSA) is 41.6 Å². The first kappa shape index (κ1) is 18.1. The number of ether oxygens (including phenoxy) is 1. The summed E-state index contributed by atoms with van der Waals surface area (Å²) in [7, 11) is 1.91. The van der Waals surface area contributed by atoms with E-state index in [-0.39, 0.29) is 24.9 Å². The molecule has 1 aliphatic rings. The Morgan fingerprint density at radius 1 is 1.52 bits per heavy atom. The molecule has 1 aromatic carbocycles. The maximum Gasteiger partial charge on any atom is 0.260 e. The minimum Gasteiger partial charge on any atom is -0.484 e. The molecule has 1 unspecified atom stereocenters. The van der Waals surface area contributed by atoms with E-state index in [2.05, 4.69) is 5.32 Å². The molecule has 21 heavy (non-hydrogen) atoms. The van der Waals surface area contributed by atoms with E-state index in [1.807, 2.05) is 24.9 Å². The van der Waals surface area contributed by atoms with Crippen molar-refractivity contribution in [2.24, 2.45) is 0 Å². The number of hydrogen-bond acceptors (Lipinski definition) is 3. The van der Waals surface area contributed by atoms with E-state index in [0.717, 1.165) is 31.5 Å². The molecule has 4 nitrogen and oxygen atoms in total. The van der Waals surface area contributed by atoms with Gasteiger partial charge in [-0.2, -0.15) is 0 Å². The molecule has 1 aromatic rings. The van der Waals surface area contributed by atoms with Crippen LogP contribution in [-0.2, 0) is 4.79 Å². The maximum absolute atomic E-state index is 12.2. The van der Waals surface area contributed by atoms with Gasteiger partial charge in [0.15, 0.2) is 6.61 Å². The van der Waals surface area contributed by atoms with Crippen molar-refractivity contribution >= 4 is 29.9 Å². The number of carbonyl (C=O) groups is 1. The summed E-state index contributed by atoms with van der Waals surface area (Å²) in [5, 5.41) is 3.84. The highest BCUT2D eigenvalue weighted by Gasteiger charge is 2.28. The van der Waals surface area contributed by atoms with E-state index in [9.17, 15) is 4.79 Å². The van der Waals surface area contributed by atoms with Crippen molar-refractivity contribution in [1.82, 2.24) is 10.2 Å². The van der Waals surface area contributed by atoms with Crippen LogP contribution in [0.5, 0.6) is 5.75 Å². The lowest BCUT2D eigenvalue weighted by Gasteiger charge is -2.24. The van der Waals surface area contributed by atoms with E-state index in [1.54, 1.807) is 12.1 Å². The molecule has 0 radical (unpaired) electrons. The van der Waals surface area contributed by atoms with E-state index in [0.29, 0.717) is 16.8 Å². The van der Waals surface area contributed by atoms with Gasteiger partial charge in [0.05, 0.1) is 0 Å². The molecule has 1 N–H and O–H groups in total. The van der Waals surface area contributed by atoms with Crippen molar-refractivity contribution in [2.75, 3.05) is 26.7 Å². The van der Waals surface area contributed by atoms with Gasteiger partial charge < -0.3 is 15.0 Å². The fraction of sp³-hybridized carbons (Fsp3) is 0.533. The first-order valence-electron chi connectivity index (χ1n) is 6.95. The quantitative estimate of drug-likeness (QED) is 0.901. The summed E-state index contributed by atoms with van der Waals surface area (Å²) >= 11 is 5.96. The van der Waals surface area contributed by atoms with E-state index in [4.69, 9.17) is 16.3 Å². The van der Waals surface area contributed by atoms with Crippen LogP contribution in [0, 0.1) is 6.92 Å². The highest BCUT2D eigenvalue weighted by Crippen LogP contribution is 2.22. The second-order valence-electron chi connectivity index (χ2n) is 5.14. The van der Waals surface area contributed by atoms with Gasteiger partial charge in [-0.3, -0.25) is 4.79 Å². The number of likely N-dealkylation sites (tertiary alicyclic amines) is 1. The summed E-state index contributed by atoms with van der Waals surface area (Å²) in [6, 6.07) is 5.72. The van der Waals surface area contributed by atoms with Gasteiger partial charge in [-0.15, -0.1) is 12.4 Å². The van der Waals surface area contributed by atoms with E-state index in [1.165, 1.54) is 0 Å². The Bertz CT molecular complexity index is 483. The van der Waals surface area contributed by atoms with Gasteiger partial charge in [0.1, 0.15) is 5.75 Å². The molecule has 0 aromatic heterocycles. The van der Waals surface area contributed by atoms with E-state index < -0.39 is 0 Å². The van der Waals surface area contributed by atoms with Crippen molar-refractivity contribution < 1.29 is 9.53 Å². The van der Waals surface area contributed by atoms with Crippen LogP contribution in [0.25, 0.3) is 0 Å². The first-order valence-corrected chi connectivity index (χ1v) is 7.32. The number of hydrogen-bond donors (Lipinski definition) is 1. The third kappa shape index (κ3) is 4.77. The highest BCUT2D eigenvalue weighted by atomic mass is 35.5. The Kier molecular flexibility index (Phi) is 7.29. The van der Waals surface area contributed by atoms with Crippen LogP contribution in [0.3, 0.4) is 0 Å². The van der Waals surface area contributed by atoms with Crippen LogP contribution in [-0.4, -0.2) is 43.6 Å². The molecule has 1 saturated heterocycles. The highest BCUT2D eigenvalue weighted by molar-refractivity contribution is 6.31. The van der Waals surface area contributed by atoms with Gasteiger partial charge in [0.25, 0.3) is 5.91 Å². The van der Waals surface area contributed by atoms with E-state index >= 15 is 0 Å². The standard InChI is InChI=1S/C15H21ClN2O2.ClH/c1-11-8-13(5-6-14(11)16)20-10-15(19)18-7-3-4-12(18)9-17-2;/h5-6,8,12,17H,3-4,7,9-10H2,1-2H3;1H. The third-order valence-electron chi connectivity index (χ3n) is 3.63. The largest absolute Gasteiger partial charge is 0.484 e. The second-order valence-corrected chi connectivity index (χ2v) is 5.55. The summed E-state index contributed by atoms with van der Waals surface area (Å²) in [4.78, 5) is 14.1. The summed E-state index contributed by atoms with van der Waals surface area (Å²) in [5.41, 5.74) is 0.950. The van der Waals surface area contributed by atoms with Gasteiger partial charge in [-0.05, 0) is 50.6 Å². The smallest absolute Gasteiger partial charge is 0.260 e. The van der Waals surface area contributed by atoms with Gasteiger partial charge in [-0.25, -0.2) is 0 Å². The Morgan fingerprint density at radius 2 is 2.29 bits per heavy atom. The Labute approximate surface area is 137 Å². The summed E-state index contributed by atoms with van der Waals surface area (Å²) in [6.45, 7) is 3.67. The lowest BCUT2D eigenvalue weighted by molar-refractivity contribution is -0.134. The third-order valence-corrected chi connectivity index (χ3v) is 4.05. The molecule has 1 aliphatic heterocycles. The number of aryl methyl sites for hydroxylation is 1. The molecule has 6 heteroatoms. The number of benzene rings is 1. The van der Waals surface area contributed by atoms with Gasteiger partial charge >= 0.3 is 0 Å². The lowest BCUT2D eigenvalue weighted by Crippen LogP contribution is -2.43. The van der Waals surface area contributed by atoms with Crippen LogP contribution in [0.2, 0.25) is 5.02 Å². The summed E-state index contributed by atoms with van der Waals surface area (Å²) in [5.74, 6) is 0.736. The fourth-order valence-electron chi connectivity index (χ4n) is 2.55. The number of nitrogens with zero attached hydrogens (tertiary/aromatic N) is 1. The minimum absolute atomic E-state index is 0. The molecular formula is C15H22Cl2N2O2. The number of likely N-dealkylation sites (N-methyl/N-ethyl adjacent to an activating group) is 1. The predicted molar refractivity (Wildman–Crippen MR) is 87.6 cm³/mol. The molecule has 118 valence electrons. The molecule has 0 spiro atoms. The lowest BCUT2D eigenvalue weighted by atomic mass is 10.2. The van der Waals surface area contributed by atoms with Crippen molar-refractivity contribution in [1.29, 1.82) is 0 Å². The van der Waals surface area contributed by atoms with Crippen molar-refractivity contribution in [2.45, 2.75) is 25.8 Å². The molecule has 1 atom stereocenters. The number of carbonyl (C=O) groups excluding carboxylic acids is 1. The van der Waals surface area contributed by atoms with Crippen LogP contribution >= 0.6 is 24.0 Å². The molecule has 2 rings (SSSR count). The summed E-state index contributed by atoms with van der Waals surface area (Å²) < 4.78 is 5.57. The zero-order valence-corrected chi connectivity index (χ0v) is 14.0. The van der Waals surface area contributed by atoms with Crippen LogP contribution in [0.4, 0.5) is 0 Å². The van der Waals surface area contributed by atoms with Crippen molar-refractivity contribution in [3.05, 3.63) is 28.8 Å². The molecule has 1 fully saturated rings. The van der Waals surface area contributed by atoms with Gasteiger partial charge in [0, 0.05) is 24.2 Å². The SMILES string of the molecule is CNCC1CCCN1C(=O)COc1ccc(Cl)c(C)c1.Cl. The number of rotatable bonds is 5. The zero-order chi connectivity index (χ0) is 14.5. The normalized spacial score (nSPS) is 17.5. The average molecular weight is 333 g/mol. The van der Waals surface area contributed by atoms with Crippen LogP contribution < -0.4 is 10.1 Å². The zero-order valence-electron chi connectivity index (χ0n) is 12.4. The molecular weight excluding hydrogens is 311 g/mol. The predicted octanol–water partition coefficient (Wildman–Crippen LogP) is 2.66. The average Bonchev–Trinajstić information content (AvgIpc) is 2.88. The second kappa shape index (κ2) is 8.47. The van der Waals surface area contributed by atoms with Crippen LogP contribution in [0.1, 0.15) is 18.4 Å².